The van der Waals surface area contributed by atoms with Gasteiger partial charge in [0, 0.05) is 23.8 Å². The third-order valence-electron chi connectivity index (χ3n) is 7.10. The van der Waals surface area contributed by atoms with Crippen LogP contribution in [0.15, 0.2) is 48.8 Å². The van der Waals surface area contributed by atoms with E-state index in [0.717, 1.165) is 25.9 Å². The topological polar surface area (TPSA) is 6.48 Å². The molecule has 0 spiro atoms. The standard InChI is InChI=1S/C28H40N2/c1-8-20(4)24-14-11-13-23(7)27(24)29-17-18-30(19-29)28-25(21(5)9-2)15-12-16-26(28)22(6)10-3/h11-18,20-22H,8-10,19H2,1-7H3. The molecule has 1 aliphatic heterocycles. The molecule has 0 fully saturated rings. The van der Waals surface area contributed by atoms with Crippen molar-refractivity contribution in [3.63, 3.8) is 0 Å². The van der Waals surface area contributed by atoms with Gasteiger partial charge < -0.3 is 9.80 Å². The summed E-state index contributed by atoms with van der Waals surface area (Å²) in [4.78, 5) is 4.93. The van der Waals surface area contributed by atoms with E-state index in [1.54, 1.807) is 0 Å². The normalized spacial score (nSPS) is 16.8. The molecule has 2 nitrogen and oxygen atoms in total. The van der Waals surface area contributed by atoms with E-state index >= 15 is 0 Å². The number of para-hydroxylation sites is 2. The van der Waals surface area contributed by atoms with Crippen LogP contribution in [0.2, 0.25) is 0 Å². The zero-order chi connectivity index (χ0) is 21.8. The summed E-state index contributed by atoms with van der Waals surface area (Å²) in [6.45, 7) is 17.1. The maximum Gasteiger partial charge on any atom is 0.0989 e. The van der Waals surface area contributed by atoms with E-state index in [1.165, 1.54) is 33.6 Å². The van der Waals surface area contributed by atoms with Gasteiger partial charge in [0.05, 0.1) is 6.67 Å². The lowest BCUT2D eigenvalue weighted by Crippen LogP contribution is -2.28. The summed E-state index contributed by atoms with van der Waals surface area (Å²) >= 11 is 0. The Kier molecular flexibility index (Phi) is 7.28. The minimum atomic E-state index is 0.556. The van der Waals surface area contributed by atoms with Gasteiger partial charge in [-0.05, 0) is 66.2 Å². The average molecular weight is 405 g/mol. The van der Waals surface area contributed by atoms with Crippen molar-refractivity contribution in [1.82, 2.24) is 0 Å². The van der Waals surface area contributed by atoms with E-state index in [1.807, 2.05) is 0 Å². The highest BCUT2D eigenvalue weighted by molar-refractivity contribution is 5.70. The molecule has 0 bridgehead atoms. The van der Waals surface area contributed by atoms with E-state index in [2.05, 4.69) is 107 Å². The quantitative estimate of drug-likeness (QED) is 0.436. The molecule has 3 atom stereocenters. The highest BCUT2D eigenvalue weighted by Crippen LogP contribution is 2.41. The summed E-state index contributed by atoms with van der Waals surface area (Å²) in [7, 11) is 0. The molecule has 3 rings (SSSR count). The highest BCUT2D eigenvalue weighted by Gasteiger charge is 2.26. The van der Waals surface area contributed by atoms with Crippen LogP contribution in [0.1, 0.15) is 101 Å². The van der Waals surface area contributed by atoms with Crippen molar-refractivity contribution in [2.45, 2.75) is 85.5 Å². The molecule has 30 heavy (non-hydrogen) atoms. The zero-order valence-electron chi connectivity index (χ0n) is 20.1. The van der Waals surface area contributed by atoms with Gasteiger partial charge in [-0.2, -0.15) is 0 Å². The van der Waals surface area contributed by atoms with Crippen LogP contribution in [0.4, 0.5) is 11.4 Å². The van der Waals surface area contributed by atoms with Crippen molar-refractivity contribution in [2.24, 2.45) is 0 Å². The summed E-state index contributed by atoms with van der Waals surface area (Å²) in [5, 5.41) is 0. The smallest absolute Gasteiger partial charge is 0.0989 e. The van der Waals surface area contributed by atoms with Gasteiger partial charge >= 0.3 is 0 Å². The van der Waals surface area contributed by atoms with Crippen LogP contribution in [0.25, 0.3) is 0 Å². The summed E-state index contributed by atoms with van der Waals surface area (Å²) in [5.74, 6) is 1.67. The lowest BCUT2D eigenvalue weighted by Gasteiger charge is -2.31. The molecular formula is C28H40N2. The summed E-state index contributed by atoms with van der Waals surface area (Å²) < 4.78 is 0. The van der Waals surface area contributed by atoms with Gasteiger partial charge in [0.2, 0.25) is 0 Å². The van der Waals surface area contributed by atoms with Crippen LogP contribution >= 0.6 is 0 Å². The Morgan fingerprint density at radius 3 is 1.53 bits per heavy atom. The first-order valence-electron chi connectivity index (χ1n) is 11.9. The summed E-state index contributed by atoms with van der Waals surface area (Å²) in [6, 6.07) is 13.7. The number of hydrogen-bond acceptors (Lipinski definition) is 2. The van der Waals surface area contributed by atoms with Crippen molar-refractivity contribution in [2.75, 3.05) is 16.5 Å². The van der Waals surface area contributed by atoms with Crippen molar-refractivity contribution in [3.8, 4) is 0 Å². The molecule has 0 aliphatic carbocycles. The molecular weight excluding hydrogens is 364 g/mol. The second kappa shape index (κ2) is 9.73. The number of hydrogen-bond donors (Lipinski definition) is 0. The van der Waals surface area contributed by atoms with Gasteiger partial charge in [0.25, 0.3) is 0 Å². The Morgan fingerprint density at radius 2 is 1.07 bits per heavy atom. The van der Waals surface area contributed by atoms with Crippen LogP contribution in [0.3, 0.4) is 0 Å². The van der Waals surface area contributed by atoms with Crippen LogP contribution < -0.4 is 9.80 Å². The molecule has 162 valence electrons. The minimum absolute atomic E-state index is 0.556. The molecule has 1 aliphatic rings. The number of aryl methyl sites for hydroxylation is 1. The number of rotatable bonds is 8. The molecule has 3 unspecified atom stereocenters. The molecule has 2 heteroatoms. The molecule has 2 aromatic rings. The fourth-order valence-electron chi connectivity index (χ4n) is 4.55. The first-order valence-corrected chi connectivity index (χ1v) is 11.9. The fourth-order valence-corrected chi connectivity index (χ4v) is 4.55. The Balaban J connectivity index is 2.02. The number of nitrogens with zero attached hydrogens (tertiary/aromatic N) is 2. The van der Waals surface area contributed by atoms with Gasteiger partial charge in [0.1, 0.15) is 0 Å². The molecule has 0 amide bonds. The maximum atomic E-state index is 2.48. The Morgan fingerprint density at radius 1 is 0.667 bits per heavy atom. The SMILES string of the molecule is CCC(C)c1cccc(C)c1N1C=CN(c2c(C(C)CC)cccc2C(C)CC)C1. The van der Waals surface area contributed by atoms with Gasteiger partial charge in [-0.3, -0.25) is 0 Å². The average Bonchev–Trinajstić information content (AvgIpc) is 3.25. The number of benzene rings is 2. The van der Waals surface area contributed by atoms with Gasteiger partial charge in [-0.1, -0.05) is 77.9 Å². The second-order valence-electron chi connectivity index (χ2n) is 9.10. The first kappa shape index (κ1) is 22.5. The molecule has 0 N–H and O–H groups in total. The van der Waals surface area contributed by atoms with Crippen LogP contribution in [0, 0.1) is 6.92 Å². The third kappa shape index (κ3) is 4.29. The van der Waals surface area contributed by atoms with E-state index < -0.39 is 0 Å². The van der Waals surface area contributed by atoms with Crippen molar-refractivity contribution >= 4 is 11.4 Å². The van der Waals surface area contributed by atoms with Gasteiger partial charge in [-0.25, -0.2) is 0 Å². The monoisotopic (exact) mass is 404 g/mol. The third-order valence-corrected chi connectivity index (χ3v) is 7.10. The highest BCUT2D eigenvalue weighted by atomic mass is 15.3. The second-order valence-corrected chi connectivity index (χ2v) is 9.10. The Hall–Kier alpha value is -2.22. The summed E-state index contributed by atoms with van der Waals surface area (Å²) in [6.07, 6.45) is 8.05. The molecule has 1 heterocycles. The first-order chi connectivity index (χ1) is 14.4. The molecule has 0 saturated carbocycles. The van der Waals surface area contributed by atoms with E-state index in [9.17, 15) is 0 Å². The van der Waals surface area contributed by atoms with Gasteiger partial charge in [-0.15, -0.1) is 0 Å². The maximum absolute atomic E-state index is 2.48. The predicted octanol–water partition coefficient (Wildman–Crippen LogP) is 8.29. The summed E-state index contributed by atoms with van der Waals surface area (Å²) in [5.41, 5.74) is 8.59. The van der Waals surface area contributed by atoms with Crippen LogP contribution in [-0.2, 0) is 0 Å². The van der Waals surface area contributed by atoms with Crippen LogP contribution in [-0.4, -0.2) is 6.67 Å². The largest absolute Gasteiger partial charge is 0.328 e. The predicted molar refractivity (Wildman–Crippen MR) is 133 cm³/mol. The fraction of sp³-hybridized carbons (Fsp3) is 0.500. The van der Waals surface area contributed by atoms with Crippen molar-refractivity contribution in [3.05, 3.63) is 71.1 Å². The number of anilines is 2. The molecule has 0 aromatic heterocycles. The Bertz CT molecular complexity index is 854. The Labute approximate surface area is 184 Å². The van der Waals surface area contributed by atoms with Crippen LogP contribution in [0.5, 0.6) is 0 Å². The minimum Gasteiger partial charge on any atom is -0.328 e. The van der Waals surface area contributed by atoms with Gasteiger partial charge in [0.15, 0.2) is 0 Å². The molecule has 0 saturated heterocycles. The molecule has 0 radical (unpaired) electrons. The lowest BCUT2D eigenvalue weighted by atomic mass is 9.88. The molecule has 2 aromatic carbocycles. The van der Waals surface area contributed by atoms with Crippen molar-refractivity contribution in [1.29, 1.82) is 0 Å². The lowest BCUT2D eigenvalue weighted by molar-refractivity contribution is 0.706. The van der Waals surface area contributed by atoms with E-state index in [0.29, 0.717) is 17.8 Å². The van der Waals surface area contributed by atoms with Crippen molar-refractivity contribution < 1.29 is 0 Å². The zero-order valence-corrected chi connectivity index (χ0v) is 20.1. The van der Waals surface area contributed by atoms with E-state index in [4.69, 9.17) is 0 Å². The van der Waals surface area contributed by atoms with E-state index in [-0.39, 0.29) is 0 Å².